The standard InChI is InChI=1S/C14H21NO7S2/c1-9(2)7-11(14(16)17)15-24(20,21)13-8-10(23(4,18)19)5-6-12(13)22-3/h5-6,8-9,11,15H,7H2,1-4H3,(H,16,17)/t11-/m1/s1. The van der Waals surface area contributed by atoms with Crippen molar-refractivity contribution in [1.82, 2.24) is 4.72 Å². The molecular formula is C14H21NO7S2. The quantitative estimate of drug-likeness (QED) is 0.686. The van der Waals surface area contributed by atoms with Gasteiger partial charge in [0.2, 0.25) is 10.0 Å². The lowest BCUT2D eigenvalue weighted by Gasteiger charge is -2.18. The van der Waals surface area contributed by atoms with Crippen molar-refractivity contribution in [2.75, 3.05) is 13.4 Å². The van der Waals surface area contributed by atoms with Gasteiger partial charge in [0.25, 0.3) is 0 Å². The largest absolute Gasteiger partial charge is 0.495 e. The number of aliphatic carboxylic acids is 1. The Balaban J connectivity index is 3.37. The van der Waals surface area contributed by atoms with Gasteiger partial charge in [-0.15, -0.1) is 0 Å². The first kappa shape index (κ1) is 20.4. The van der Waals surface area contributed by atoms with Crippen molar-refractivity contribution in [3.8, 4) is 5.75 Å². The molecule has 0 spiro atoms. The van der Waals surface area contributed by atoms with Crippen LogP contribution in [-0.2, 0) is 24.7 Å². The van der Waals surface area contributed by atoms with Crippen LogP contribution in [0.25, 0.3) is 0 Å². The van der Waals surface area contributed by atoms with E-state index in [1.807, 2.05) is 0 Å². The SMILES string of the molecule is COc1ccc(S(C)(=O)=O)cc1S(=O)(=O)N[C@H](CC(C)C)C(=O)O. The number of carboxylic acids is 1. The Kier molecular flexibility index (Phi) is 6.37. The van der Waals surface area contributed by atoms with Gasteiger partial charge in [0.15, 0.2) is 9.84 Å². The molecule has 0 aliphatic heterocycles. The number of sulfonamides is 1. The minimum Gasteiger partial charge on any atom is -0.495 e. The van der Waals surface area contributed by atoms with Crippen LogP contribution in [0.2, 0.25) is 0 Å². The highest BCUT2D eigenvalue weighted by Gasteiger charge is 2.29. The van der Waals surface area contributed by atoms with E-state index in [0.717, 1.165) is 12.3 Å². The zero-order valence-corrected chi connectivity index (χ0v) is 15.4. The lowest BCUT2D eigenvalue weighted by molar-refractivity contribution is -0.139. The van der Waals surface area contributed by atoms with Gasteiger partial charge in [-0.2, -0.15) is 4.72 Å². The number of carboxylic acid groups (broad SMARTS) is 1. The molecule has 1 rings (SSSR count). The van der Waals surface area contributed by atoms with Crippen LogP contribution in [0.4, 0.5) is 0 Å². The van der Waals surface area contributed by atoms with Crippen LogP contribution in [0.15, 0.2) is 28.0 Å². The first-order valence-electron chi connectivity index (χ1n) is 7.01. The van der Waals surface area contributed by atoms with Crippen molar-refractivity contribution in [2.45, 2.75) is 36.1 Å². The summed E-state index contributed by atoms with van der Waals surface area (Å²) >= 11 is 0. The summed E-state index contributed by atoms with van der Waals surface area (Å²) in [6.45, 7) is 3.52. The molecule has 0 saturated heterocycles. The predicted molar refractivity (Wildman–Crippen MR) is 87.3 cm³/mol. The Bertz CT molecular complexity index is 814. The summed E-state index contributed by atoms with van der Waals surface area (Å²) in [5.41, 5.74) is 0. The van der Waals surface area contributed by atoms with Crippen molar-refractivity contribution >= 4 is 25.8 Å². The first-order valence-corrected chi connectivity index (χ1v) is 10.4. The van der Waals surface area contributed by atoms with Gasteiger partial charge in [-0.05, 0) is 30.5 Å². The van der Waals surface area contributed by atoms with Gasteiger partial charge in [0.1, 0.15) is 16.7 Å². The fourth-order valence-electron chi connectivity index (χ4n) is 2.02. The van der Waals surface area contributed by atoms with Crippen molar-refractivity contribution in [2.24, 2.45) is 5.92 Å². The summed E-state index contributed by atoms with van der Waals surface area (Å²) in [7, 11) is -6.70. The molecule has 1 aromatic carbocycles. The fraction of sp³-hybridized carbons (Fsp3) is 0.500. The number of rotatable bonds is 8. The molecule has 10 heteroatoms. The molecule has 1 atom stereocenters. The van der Waals surface area contributed by atoms with Crippen LogP contribution in [0, 0.1) is 5.92 Å². The molecule has 0 fully saturated rings. The summed E-state index contributed by atoms with van der Waals surface area (Å²) < 4.78 is 55.4. The van der Waals surface area contributed by atoms with E-state index in [1.165, 1.54) is 19.2 Å². The van der Waals surface area contributed by atoms with E-state index in [9.17, 15) is 26.7 Å². The summed E-state index contributed by atoms with van der Waals surface area (Å²) in [5, 5.41) is 9.19. The summed E-state index contributed by atoms with van der Waals surface area (Å²) in [5.74, 6) is -1.45. The van der Waals surface area contributed by atoms with Crippen molar-refractivity contribution < 1.29 is 31.5 Å². The van der Waals surface area contributed by atoms with Gasteiger partial charge in [-0.1, -0.05) is 13.8 Å². The summed E-state index contributed by atoms with van der Waals surface area (Å²) in [6, 6.07) is 2.05. The summed E-state index contributed by atoms with van der Waals surface area (Å²) in [4.78, 5) is 10.6. The average Bonchev–Trinajstić information content (AvgIpc) is 2.44. The van der Waals surface area contributed by atoms with Gasteiger partial charge in [-0.3, -0.25) is 4.79 Å². The van der Waals surface area contributed by atoms with E-state index < -0.39 is 36.8 Å². The zero-order valence-electron chi connectivity index (χ0n) is 13.8. The second-order valence-corrected chi connectivity index (χ2v) is 9.42. The Labute approximate surface area is 141 Å². The van der Waals surface area contributed by atoms with Gasteiger partial charge in [0, 0.05) is 6.26 Å². The van der Waals surface area contributed by atoms with E-state index in [0.29, 0.717) is 0 Å². The van der Waals surface area contributed by atoms with E-state index in [2.05, 4.69) is 4.72 Å². The van der Waals surface area contributed by atoms with E-state index in [1.54, 1.807) is 13.8 Å². The molecule has 0 bridgehead atoms. The van der Waals surface area contributed by atoms with Crippen LogP contribution in [0.1, 0.15) is 20.3 Å². The first-order chi connectivity index (χ1) is 10.9. The van der Waals surface area contributed by atoms with Gasteiger partial charge >= 0.3 is 5.97 Å². The molecule has 0 unspecified atom stereocenters. The summed E-state index contributed by atoms with van der Waals surface area (Å²) in [6.07, 6.45) is 1.03. The third-order valence-corrected chi connectivity index (χ3v) is 5.76. The normalized spacial score (nSPS) is 13.7. The molecule has 0 amide bonds. The number of hydrogen-bond acceptors (Lipinski definition) is 6. The van der Waals surface area contributed by atoms with E-state index in [4.69, 9.17) is 4.74 Å². The average molecular weight is 379 g/mol. The predicted octanol–water partition coefficient (Wildman–Crippen LogP) is 0.876. The number of ether oxygens (including phenoxy) is 1. The fourth-order valence-corrected chi connectivity index (χ4v) is 4.14. The Hall–Kier alpha value is -1.65. The van der Waals surface area contributed by atoms with Crippen LogP contribution in [0.3, 0.4) is 0 Å². The molecule has 0 aliphatic carbocycles. The molecule has 24 heavy (non-hydrogen) atoms. The van der Waals surface area contributed by atoms with Gasteiger partial charge in [0.05, 0.1) is 12.0 Å². The highest BCUT2D eigenvalue weighted by Crippen LogP contribution is 2.27. The lowest BCUT2D eigenvalue weighted by Crippen LogP contribution is -2.41. The maximum atomic E-state index is 12.5. The smallest absolute Gasteiger partial charge is 0.321 e. The number of carbonyl (C=O) groups is 1. The van der Waals surface area contributed by atoms with Crippen molar-refractivity contribution in [1.29, 1.82) is 0 Å². The number of benzene rings is 1. The number of nitrogens with one attached hydrogen (secondary N) is 1. The number of sulfone groups is 1. The number of methoxy groups -OCH3 is 1. The lowest BCUT2D eigenvalue weighted by atomic mass is 10.1. The van der Waals surface area contributed by atoms with E-state index >= 15 is 0 Å². The van der Waals surface area contributed by atoms with Crippen LogP contribution >= 0.6 is 0 Å². The monoisotopic (exact) mass is 379 g/mol. The maximum absolute atomic E-state index is 12.5. The molecule has 0 aliphatic rings. The topological polar surface area (TPSA) is 127 Å². The Morgan fingerprint density at radius 2 is 1.83 bits per heavy atom. The molecular weight excluding hydrogens is 358 g/mol. The van der Waals surface area contributed by atoms with Crippen LogP contribution < -0.4 is 9.46 Å². The minimum atomic E-state index is -4.30. The third kappa shape index (κ3) is 5.18. The molecule has 0 heterocycles. The highest BCUT2D eigenvalue weighted by atomic mass is 32.2. The maximum Gasteiger partial charge on any atom is 0.321 e. The molecule has 1 aromatic rings. The zero-order chi connectivity index (χ0) is 18.7. The van der Waals surface area contributed by atoms with Gasteiger partial charge < -0.3 is 9.84 Å². The number of hydrogen-bond donors (Lipinski definition) is 2. The molecule has 136 valence electrons. The van der Waals surface area contributed by atoms with E-state index in [-0.39, 0.29) is 23.0 Å². The Morgan fingerprint density at radius 1 is 1.25 bits per heavy atom. The Morgan fingerprint density at radius 3 is 2.25 bits per heavy atom. The van der Waals surface area contributed by atoms with Gasteiger partial charge in [-0.25, -0.2) is 16.8 Å². The minimum absolute atomic E-state index is 0.0574. The van der Waals surface area contributed by atoms with Crippen molar-refractivity contribution in [3.05, 3.63) is 18.2 Å². The molecule has 8 nitrogen and oxygen atoms in total. The second-order valence-electron chi connectivity index (χ2n) is 5.73. The third-order valence-electron chi connectivity index (χ3n) is 3.16. The second kappa shape index (κ2) is 7.49. The molecule has 2 N–H and O–H groups in total. The molecule has 0 radical (unpaired) electrons. The molecule has 0 aromatic heterocycles. The van der Waals surface area contributed by atoms with Crippen molar-refractivity contribution in [3.63, 3.8) is 0 Å². The molecule has 0 saturated carbocycles. The highest BCUT2D eigenvalue weighted by molar-refractivity contribution is 7.91. The van der Waals surface area contributed by atoms with Crippen LogP contribution in [0.5, 0.6) is 5.75 Å². The van der Waals surface area contributed by atoms with Crippen LogP contribution in [-0.4, -0.2) is 47.3 Å².